The van der Waals surface area contributed by atoms with Crippen LogP contribution in [0.25, 0.3) is 0 Å². The second kappa shape index (κ2) is 6.17. The smallest absolute Gasteiger partial charge is 0.223 e. The molecule has 0 spiro atoms. The van der Waals surface area contributed by atoms with E-state index in [1.165, 1.54) is 37.0 Å². The molecule has 3 saturated carbocycles. The zero-order valence-corrected chi connectivity index (χ0v) is 14.6. The van der Waals surface area contributed by atoms with Crippen LogP contribution in [-0.2, 0) is 4.79 Å². The van der Waals surface area contributed by atoms with E-state index in [1.807, 2.05) is 6.20 Å². The van der Waals surface area contributed by atoms with Gasteiger partial charge in [0.25, 0.3) is 0 Å². The number of thiazole rings is 1. The van der Waals surface area contributed by atoms with Crippen LogP contribution in [0.2, 0.25) is 0 Å². The summed E-state index contributed by atoms with van der Waals surface area (Å²) in [6, 6.07) is 0.463. The Bertz CT molecular complexity index is 569. The highest BCUT2D eigenvalue weighted by molar-refractivity contribution is 7.11. The third-order valence-electron chi connectivity index (χ3n) is 6.08. The van der Waals surface area contributed by atoms with E-state index in [0.717, 1.165) is 17.8 Å². The van der Waals surface area contributed by atoms with E-state index < -0.39 is 0 Å². The molecule has 0 aliphatic heterocycles. The van der Waals surface area contributed by atoms with Crippen molar-refractivity contribution in [3.05, 3.63) is 16.1 Å². The number of nitrogens with two attached hydrogens (primary N) is 1. The lowest BCUT2D eigenvalue weighted by Gasteiger charge is -2.43. The molecule has 5 heteroatoms. The van der Waals surface area contributed by atoms with Gasteiger partial charge in [-0.3, -0.25) is 4.79 Å². The normalized spacial score (nSPS) is 34.9. The van der Waals surface area contributed by atoms with Crippen molar-refractivity contribution in [2.75, 3.05) is 0 Å². The number of aromatic nitrogens is 1. The minimum absolute atomic E-state index is 0.136. The van der Waals surface area contributed by atoms with Crippen LogP contribution >= 0.6 is 11.3 Å². The first-order valence-corrected chi connectivity index (χ1v) is 9.91. The van der Waals surface area contributed by atoms with E-state index in [2.05, 4.69) is 17.2 Å². The molecule has 4 nitrogen and oxygen atoms in total. The highest BCUT2D eigenvalue weighted by Crippen LogP contribution is 2.44. The minimum atomic E-state index is 0.136. The molecule has 0 saturated heterocycles. The number of amides is 1. The lowest BCUT2D eigenvalue weighted by Crippen LogP contribution is -2.49. The summed E-state index contributed by atoms with van der Waals surface area (Å²) in [6.45, 7) is 2.08. The minimum Gasteiger partial charge on any atom is -0.346 e. The zero-order valence-electron chi connectivity index (χ0n) is 13.8. The van der Waals surface area contributed by atoms with Gasteiger partial charge >= 0.3 is 0 Å². The van der Waals surface area contributed by atoms with Gasteiger partial charge in [0, 0.05) is 23.0 Å². The Labute approximate surface area is 142 Å². The van der Waals surface area contributed by atoms with Gasteiger partial charge in [-0.15, -0.1) is 11.3 Å². The average Bonchev–Trinajstić information content (AvgIpc) is 3.25. The van der Waals surface area contributed by atoms with Gasteiger partial charge in [0.2, 0.25) is 5.91 Å². The maximum Gasteiger partial charge on any atom is 0.223 e. The summed E-state index contributed by atoms with van der Waals surface area (Å²) in [5.41, 5.74) is 6.36. The van der Waals surface area contributed by atoms with E-state index in [1.54, 1.807) is 11.3 Å². The molecule has 0 radical (unpaired) electrons. The molecule has 1 aromatic heterocycles. The second-order valence-corrected chi connectivity index (χ2v) is 9.10. The number of fused-ring (bicyclic) bond motifs is 2. The third kappa shape index (κ3) is 3.18. The molecular formula is C18H27N3OS. The number of hydrogen-bond donors (Lipinski definition) is 2. The van der Waals surface area contributed by atoms with Crippen molar-refractivity contribution >= 4 is 17.2 Å². The summed E-state index contributed by atoms with van der Waals surface area (Å²) < 4.78 is 0. The van der Waals surface area contributed by atoms with Gasteiger partial charge in [-0.2, -0.15) is 0 Å². The van der Waals surface area contributed by atoms with Crippen molar-refractivity contribution in [3.63, 3.8) is 0 Å². The van der Waals surface area contributed by atoms with E-state index in [-0.39, 0.29) is 17.9 Å². The molecule has 3 aliphatic rings. The monoisotopic (exact) mass is 333 g/mol. The van der Waals surface area contributed by atoms with Crippen molar-refractivity contribution in [1.82, 2.24) is 10.3 Å². The molecule has 3 fully saturated rings. The molecule has 1 heterocycles. The SMILES string of the molecule is Cc1cnc(C(NC(=O)C2CC3CCCC(C2)C3N)C2CC2)s1. The maximum absolute atomic E-state index is 12.9. The van der Waals surface area contributed by atoms with Crippen LogP contribution in [0.1, 0.15) is 60.9 Å². The summed E-state index contributed by atoms with van der Waals surface area (Å²) in [6.07, 6.45) is 10.0. The topological polar surface area (TPSA) is 68.0 Å². The van der Waals surface area contributed by atoms with Gasteiger partial charge in [-0.25, -0.2) is 4.98 Å². The molecule has 2 bridgehead atoms. The number of nitrogens with zero attached hydrogens (tertiary/aromatic N) is 1. The van der Waals surface area contributed by atoms with Crippen LogP contribution < -0.4 is 11.1 Å². The van der Waals surface area contributed by atoms with Crippen LogP contribution in [0.4, 0.5) is 0 Å². The molecular weight excluding hydrogens is 306 g/mol. The maximum atomic E-state index is 12.9. The Morgan fingerprint density at radius 2 is 2.00 bits per heavy atom. The van der Waals surface area contributed by atoms with Crippen molar-refractivity contribution < 1.29 is 4.79 Å². The number of hydrogen-bond acceptors (Lipinski definition) is 4. The highest BCUT2D eigenvalue weighted by Gasteiger charge is 2.42. The molecule has 3 atom stereocenters. The van der Waals surface area contributed by atoms with Gasteiger partial charge in [0.05, 0.1) is 6.04 Å². The van der Waals surface area contributed by atoms with Gasteiger partial charge < -0.3 is 11.1 Å². The summed E-state index contributed by atoms with van der Waals surface area (Å²) >= 11 is 1.72. The van der Waals surface area contributed by atoms with Crippen LogP contribution in [0.5, 0.6) is 0 Å². The Balaban J connectivity index is 1.44. The largest absolute Gasteiger partial charge is 0.346 e. The predicted octanol–water partition coefficient (Wildman–Crippen LogP) is 3.17. The first-order valence-electron chi connectivity index (χ1n) is 9.10. The Kier molecular flexibility index (Phi) is 4.18. The average molecular weight is 334 g/mol. The number of aryl methyl sites for hydroxylation is 1. The molecule has 3 aliphatic carbocycles. The fourth-order valence-electron chi connectivity index (χ4n) is 4.60. The van der Waals surface area contributed by atoms with Gasteiger partial charge in [-0.1, -0.05) is 6.42 Å². The van der Waals surface area contributed by atoms with Crippen molar-refractivity contribution in [1.29, 1.82) is 0 Å². The van der Waals surface area contributed by atoms with Crippen LogP contribution in [0.15, 0.2) is 6.20 Å². The lowest BCUT2D eigenvalue weighted by molar-refractivity contribution is -0.128. The highest BCUT2D eigenvalue weighted by atomic mass is 32.1. The standard InChI is InChI=1S/C18H27N3OS/c1-10-9-20-18(23-10)16(11-5-6-11)21-17(22)14-7-12-3-2-4-13(8-14)15(12)19/h9,11-16H,2-8,19H2,1H3,(H,21,22). The molecule has 3 unspecified atom stereocenters. The second-order valence-electron chi connectivity index (χ2n) is 7.83. The van der Waals surface area contributed by atoms with Gasteiger partial charge in [0.15, 0.2) is 0 Å². The Hall–Kier alpha value is -0.940. The molecule has 23 heavy (non-hydrogen) atoms. The molecule has 1 aromatic rings. The van der Waals surface area contributed by atoms with Crippen molar-refractivity contribution in [2.24, 2.45) is 29.4 Å². The molecule has 126 valence electrons. The van der Waals surface area contributed by atoms with Gasteiger partial charge in [-0.05, 0) is 63.2 Å². The summed E-state index contributed by atoms with van der Waals surface area (Å²) in [5, 5.41) is 4.44. The fourth-order valence-corrected chi connectivity index (χ4v) is 5.52. The predicted molar refractivity (Wildman–Crippen MR) is 92.0 cm³/mol. The quantitative estimate of drug-likeness (QED) is 0.889. The van der Waals surface area contributed by atoms with E-state index in [4.69, 9.17) is 5.73 Å². The molecule has 4 rings (SSSR count). The summed E-state index contributed by atoms with van der Waals surface area (Å²) in [5.74, 6) is 2.11. The first kappa shape index (κ1) is 15.6. The molecule has 0 aromatic carbocycles. The Morgan fingerprint density at radius 3 is 2.57 bits per heavy atom. The Morgan fingerprint density at radius 1 is 1.30 bits per heavy atom. The fraction of sp³-hybridized carbons (Fsp3) is 0.778. The number of nitrogens with one attached hydrogen (secondary N) is 1. The van der Waals surface area contributed by atoms with Gasteiger partial charge in [0.1, 0.15) is 5.01 Å². The van der Waals surface area contributed by atoms with Crippen LogP contribution in [0.3, 0.4) is 0 Å². The van der Waals surface area contributed by atoms with Crippen LogP contribution in [-0.4, -0.2) is 16.9 Å². The van der Waals surface area contributed by atoms with Crippen LogP contribution in [0, 0.1) is 30.6 Å². The van der Waals surface area contributed by atoms with E-state index in [9.17, 15) is 4.79 Å². The summed E-state index contributed by atoms with van der Waals surface area (Å²) in [4.78, 5) is 18.6. The van der Waals surface area contributed by atoms with Crippen molar-refractivity contribution in [2.45, 2.75) is 64.0 Å². The lowest BCUT2D eigenvalue weighted by atomic mass is 9.65. The summed E-state index contributed by atoms with van der Waals surface area (Å²) in [7, 11) is 0. The number of carbonyl (C=O) groups excluding carboxylic acids is 1. The van der Waals surface area contributed by atoms with E-state index >= 15 is 0 Å². The van der Waals surface area contributed by atoms with Crippen molar-refractivity contribution in [3.8, 4) is 0 Å². The number of carbonyl (C=O) groups is 1. The molecule has 1 amide bonds. The number of rotatable bonds is 4. The zero-order chi connectivity index (χ0) is 16.0. The van der Waals surface area contributed by atoms with E-state index in [0.29, 0.717) is 23.8 Å². The first-order chi connectivity index (χ1) is 11.1. The third-order valence-corrected chi connectivity index (χ3v) is 7.08. The molecule has 3 N–H and O–H groups in total.